The molecule has 110 valence electrons. The third kappa shape index (κ3) is 3.38. The van der Waals surface area contributed by atoms with Gasteiger partial charge in [-0.1, -0.05) is 49.4 Å². The van der Waals surface area contributed by atoms with E-state index in [-0.39, 0.29) is 0 Å². The maximum atomic E-state index is 6.51. The summed E-state index contributed by atoms with van der Waals surface area (Å²) in [7, 11) is 0. The fourth-order valence-electron chi connectivity index (χ4n) is 4.36. The summed E-state index contributed by atoms with van der Waals surface area (Å²) in [5.41, 5.74) is 7.83. The molecule has 2 aliphatic carbocycles. The van der Waals surface area contributed by atoms with Gasteiger partial charge >= 0.3 is 0 Å². The van der Waals surface area contributed by atoms with Gasteiger partial charge in [0.05, 0.1) is 0 Å². The number of halogens is 1. The third-order valence-corrected chi connectivity index (χ3v) is 5.82. The average molecular weight is 292 g/mol. The molecule has 4 unspecified atom stereocenters. The van der Waals surface area contributed by atoms with Crippen LogP contribution in [0.15, 0.2) is 24.3 Å². The van der Waals surface area contributed by atoms with Crippen LogP contribution in [0, 0.1) is 17.8 Å². The first-order chi connectivity index (χ1) is 9.72. The summed E-state index contributed by atoms with van der Waals surface area (Å²) >= 11 is 5.94. The van der Waals surface area contributed by atoms with Gasteiger partial charge in [-0.2, -0.15) is 0 Å². The van der Waals surface area contributed by atoms with Gasteiger partial charge in [0.2, 0.25) is 0 Å². The number of benzene rings is 1. The minimum absolute atomic E-state index is 0.319. The van der Waals surface area contributed by atoms with Crippen LogP contribution in [0.3, 0.4) is 0 Å². The van der Waals surface area contributed by atoms with Crippen LogP contribution in [0.4, 0.5) is 0 Å². The lowest BCUT2D eigenvalue weighted by atomic mass is 9.66. The molecule has 1 aromatic carbocycles. The number of fused-ring (bicyclic) bond motifs is 1. The number of rotatable bonds is 3. The first kappa shape index (κ1) is 14.4. The van der Waals surface area contributed by atoms with Crippen molar-refractivity contribution in [3.63, 3.8) is 0 Å². The predicted molar refractivity (Wildman–Crippen MR) is 85.9 cm³/mol. The van der Waals surface area contributed by atoms with Crippen LogP contribution in [0.25, 0.3) is 0 Å². The molecule has 0 bridgehead atoms. The summed E-state index contributed by atoms with van der Waals surface area (Å²) in [5, 5.41) is 0.810. The largest absolute Gasteiger partial charge is 0.327 e. The van der Waals surface area contributed by atoms with Crippen LogP contribution >= 0.6 is 11.6 Å². The molecule has 2 fully saturated rings. The van der Waals surface area contributed by atoms with E-state index in [9.17, 15) is 0 Å². The summed E-state index contributed by atoms with van der Waals surface area (Å²) in [6, 6.07) is 8.51. The molecular formula is C18H26ClN. The molecule has 0 saturated heterocycles. The molecule has 2 aliphatic rings. The van der Waals surface area contributed by atoms with Crippen molar-refractivity contribution in [1.29, 1.82) is 0 Å². The smallest absolute Gasteiger partial charge is 0.0406 e. The fourth-order valence-corrected chi connectivity index (χ4v) is 4.48. The van der Waals surface area contributed by atoms with E-state index in [2.05, 4.69) is 12.1 Å². The SMILES string of the molecule is NC(Cc1ccc(Cl)cc1)C1CCC2CCCCC2C1. The van der Waals surface area contributed by atoms with Gasteiger partial charge in [-0.05, 0) is 61.1 Å². The third-order valence-electron chi connectivity index (χ3n) is 5.57. The second-order valence-electron chi connectivity index (χ2n) is 6.87. The van der Waals surface area contributed by atoms with Crippen LogP contribution < -0.4 is 5.73 Å². The molecule has 0 amide bonds. The fraction of sp³-hybridized carbons (Fsp3) is 0.667. The summed E-state index contributed by atoms with van der Waals surface area (Å²) in [6.45, 7) is 0. The Bertz CT molecular complexity index is 428. The van der Waals surface area contributed by atoms with E-state index in [1.807, 2.05) is 12.1 Å². The van der Waals surface area contributed by atoms with Crippen molar-refractivity contribution in [3.05, 3.63) is 34.9 Å². The van der Waals surface area contributed by atoms with Crippen molar-refractivity contribution in [2.45, 2.75) is 57.4 Å². The summed E-state index contributed by atoms with van der Waals surface area (Å²) in [4.78, 5) is 0. The zero-order valence-corrected chi connectivity index (χ0v) is 13.0. The summed E-state index contributed by atoms with van der Waals surface area (Å²) in [6.07, 6.45) is 11.0. The Morgan fingerprint density at radius 3 is 2.45 bits per heavy atom. The summed E-state index contributed by atoms with van der Waals surface area (Å²) in [5.74, 6) is 2.71. The van der Waals surface area contributed by atoms with Gasteiger partial charge in [0.15, 0.2) is 0 Å². The van der Waals surface area contributed by atoms with E-state index < -0.39 is 0 Å². The quantitative estimate of drug-likeness (QED) is 0.849. The zero-order valence-electron chi connectivity index (χ0n) is 12.2. The van der Waals surface area contributed by atoms with Crippen molar-refractivity contribution >= 4 is 11.6 Å². The first-order valence-corrected chi connectivity index (χ1v) is 8.60. The Hall–Kier alpha value is -0.530. The van der Waals surface area contributed by atoms with Crippen molar-refractivity contribution in [2.75, 3.05) is 0 Å². The highest BCUT2D eigenvalue weighted by Crippen LogP contribution is 2.43. The topological polar surface area (TPSA) is 26.0 Å². The van der Waals surface area contributed by atoms with Gasteiger partial charge in [-0.25, -0.2) is 0 Å². The van der Waals surface area contributed by atoms with Crippen LogP contribution in [-0.2, 0) is 6.42 Å². The van der Waals surface area contributed by atoms with Crippen molar-refractivity contribution in [2.24, 2.45) is 23.5 Å². The lowest BCUT2D eigenvalue weighted by molar-refractivity contribution is 0.117. The van der Waals surface area contributed by atoms with E-state index in [0.717, 1.165) is 29.2 Å². The predicted octanol–water partition coefficient (Wildman–Crippen LogP) is 4.82. The van der Waals surface area contributed by atoms with Gasteiger partial charge in [0, 0.05) is 11.1 Å². The molecule has 4 atom stereocenters. The molecule has 3 rings (SSSR count). The molecule has 2 saturated carbocycles. The van der Waals surface area contributed by atoms with Gasteiger partial charge in [-0.15, -0.1) is 0 Å². The number of hydrogen-bond acceptors (Lipinski definition) is 1. The van der Waals surface area contributed by atoms with Gasteiger partial charge in [0.1, 0.15) is 0 Å². The van der Waals surface area contributed by atoms with E-state index in [1.165, 1.54) is 50.5 Å². The highest BCUT2D eigenvalue weighted by atomic mass is 35.5. The van der Waals surface area contributed by atoms with E-state index in [1.54, 1.807) is 0 Å². The van der Waals surface area contributed by atoms with Crippen molar-refractivity contribution in [3.8, 4) is 0 Å². The Kier molecular flexibility index (Phi) is 4.68. The molecule has 2 N–H and O–H groups in total. The summed E-state index contributed by atoms with van der Waals surface area (Å²) < 4.78 is 0. The van der Waals surface area contributed by atoms with E-state index in [4.69, 9.17) is 17.3 Å². The van der Waals surface area contributed by atoms with Crippen LogP contribution in [0.2, 0.25) is 5.02 Å². The second-order valence-corrected chi connectivity index (χ2v) is 7.31. The number of hydrogen-bond donors (Lipinski definition) is 1. The molecule has 2 heteroatoms. The van der Waals surface area contributed by atoms with Gasteiger partial charge in [-0.3, -0.25) is 0 Å². The van der Waals surface area contributed by atoms with Crippen LogP contribution in [0.1, 0.15) is 50.5 Å². The standard InChI is InChI=1S/C18H26ClN/c19-17-9-5-13(6-10-17)11-18(20)16-8-7-14-3-1-2-4-15(14)12-16/h5-6,9-10,14-16,18H,1-4,7-8,11-12,20H2. The normalized spacial score (nSPS) is 31.6. The molecule has 0 aliphatic heterocycles. The zero-order chi connectivity index (χ0) is 13.9. The average Bonchev–Trinajstić information content (AvgIpc) is 2.49. The lowest BCUT2D eigenvalue weighted by Gasteiger charge is -2.41. The molecule has 1 nitrogen and oxygen atoms in total. The van der Waals surface area contributed by atoms with Gasteiger partial charge in [0.25, 0.3) is 0 Å². The van der Waals surface area contributed by atoms with Crippen molar-refractivity contribution in [1.82, 2.24) is 0 Å². The van der Waals surface area contributed by atoms with Crippen molar-refractivity contribution < 1.29 is 0 Å². The van der Waals surface area contributed by atoms with Gasteiger partial charge < -0.3 is 5.73 Å². The molecule has 1 aromatic rings. The highest BCUT2D eigenvalue weighted by molar-refractivity contribution is 6.30. The minimum atomic E-state index is 0.319. The number of nitrogens with two attached hydrogens (primary N) is 1. The molecule has 0 aromatic heterocycles. The Balaban J connectivity index is 1.57. The molecule has 0 spiro atoms. The second kappa shape index (κ2) is 6.49. The molecule has 0 heterocycles. The Labute approximate surface area is 127 Å². The maximum Gasteiger partial charge on any atom is 0.0406 e. The van der Waals surface area contributed by atoms with Crippen LogP contribution in [0.5, 0.6) is 0 Å². The monoisotopic (exact) mass is 291 g/mol. The highest BCUT2D eigenvalue weighted by Gasteiger charge is 2.34. The van der Waals surface area contributed by atoms with E-state index in [0.29, 0.717) is 6.04 Å². The first-order valence-electron chi connectivity index (χ1n) is 8.22. The Morgan fingerprint density at radius 1 is 1.00 bits per heavy atom. The molecular weight excluding hydrogens is 266 g/mol. The van der Waals surface area contributed by atoms with E-state index >= 15 is 0 Å². The lowest BCUT2D eigenvalue weighted by Crippen LogP contribution is -2.38. The Morgan fingerprint density at radius 2 is 1.70 bits per heavy atom. The maximum absolute atomic E-state index is 6.51. The molecule has 20 heavy (non-hydrogen) atoms. The molecule has 0 radical (unpaired) electrons. The minimum Gasteiger partial charge on any atom is -0.327 e. The van der Waals surface area contributed by atoms with Crippen LogP contribution in [-0.4, -0.2) is 6.04 Å².